The first-order chi connectivity index (χ1) is 33.7. The molecule has 0 aliphatic carbocycles. The fraction of sp³-hybridized carbons (Fsp3) is 0.914. The SMILES string of the molecule is CC(C)[Si](O[C@H]1C[C@H](CCCOC(=O)C(C)(C)C)O[C@@H]2C[C@@H]3O[C@@H]4C[C@@H]5O[C@]6(C)C[C@]7(C)O[C@@H]8C=C[C@](C)(O[Si](C)(C)C(C)(C)C)[C@@H](/C=C\I)O[C@H]8C[C@H]7O[C@H]6CC[C@H]5O[C@H]4C[C@@]3(C)O[C@@]12C)(C(C)C)C(C)C. The van der Waals surface area contributed by atoms with Crippen LogP contribution in [0.2, 0.25) is 34.8 Å². The Hall–Kier alpha value is -0.286. The van der Waals surface area contributed by atoms with Gasteiger partial charge in [-0.15, -0.1) is 0 Å². The van der Waals surface area contributed by atoms with Gasteiger partial charge in [0.05, 0.1) is 96.0 Å². The number of halogens is 1. The van der Waals surface area contributed by atoms with Crippen LogP contribution in [0.4, 0.5) is 0 Å². The van der Waals surface area contributed by atoms with Gasteiger partial charge in [-0.1, -0.05) is 97.1 Å². The summed E-state index contributed by atoms with van der Waals surface area (Å²) in [4.78, 5) is 12.7. The predicted octanol–water partition coefficient (Wildman–Crippen LogP) is 13.0. The van der Waals surface area contributed by atoms with E-state index < -0.39 is 50.1 Å². The minimum Gasteiger partial charge on any atom is -0.465 e. The van der Waals surface area contributed by atoms with Crippen LogP contribution in [0.15, 0.2) is 22.3 Å². The Labute approximate surface area is 457 Å². The van der Waals surface area contributed by atoms with Gasteiger partial charge < -0.3 is 51.5 Å². The zero-order chi connectivity index (χ0) is 53.7. The molecule has 0 N–H and O–H groups in total. The molecule has 7 saturated heterocycles. The van der Waals surface area contributed by atoms with Crippen molar-refractivity contribution >= 4 is 45.2 Å². The zero-order valence-corrected chi connectivity index (χ0v) is 52.8. The van der Waals surface area contributed by atoms with Crippen LogP contribution < -0.4 is 0 Å². The maximum atomic E-state index is 12.7. The van der Waals surface area contributed by atoms with E-state index in [1.165, 1.54) is 0 Å². The summed E-state index contributed by atoms with van der Waals surface area (Å²) in [5.74, 6) is -0.176. The van der Waals surface area contributed by atoms with Crippen molar-refractivity contribution in [2.75, 3.05) is 6.61 Å². The van der Waals surface area contributed by atoms with Crippen LogP contribution in [0.1, 0.15) is 182 Å². The average Bonchev–Trinajstić information content (AvgIpc) is 3.46. The summed E-state index contributed by atoms with van der Waals surface area (Å²) in [6.45, 7) is 42.8. The van der Waals surface area contributed by atoms with Crippen molar-refractivity contribution in [1.29, 1.82) is 0 Å². The summed E-state index contributed by atoms with van der Waals surface area (Å²) < 4.78 is 80.8. The van der Waals surface area contributed by atoms with Gasteiger partial charge in [-0.3, -0.25) is 4.79 Å². The lowest BCUT2D eigenvalue weighted by Crippen LogP contribution is -2.73. The van der Waals surface area contributed by atoms with Crippen molar-refractivity contribution in [1.82, 2.24) is 0 Å². The highest BCUT2D eigenvalue weighted by molar-refractivity contribution is 14.1. The molecule has 73 heavy (non-hydrogen) atoms. The quantitative estimate of drug-likeness (QED) is 0.0608. The molecule has 0 amide bonds. The standard InChI is InChI=1S/C58H99IO12Si2/c1-35(2)73(36(3)4,37(5)6)69-50-29-38(21-20-28-61-51(60)52(7,8)9)62-49-32-48-55(14,70-58(49,50)17)33-44-41(65-48)30-43-39(63-44)22-23-45-56(15,68-43)34-57(16)47(66-45)31-42-40(67-57)24-26-54(13,46(64-42)25-27-59)71-72(18,19)53(10,11)12/h24-27,35-50H,20-23,28-34H2,1-19H3/b27-25-/t38-,39+,40+,41+,42-,43-,44-,45-,46+,47+,48-,49+,50-,54-,55+,56+,57-,58+/m0/s1. The van der Waals surface area contributed by atoms with Crippen LogP contribution in [0, 0.1) is 5.41 Å². The molecule has 0 bridgehead atoms. The Morgan fingerprint density at radius 2 is 1.38 bits per heavy atom. The topological polar surface area (TPSA) is 119 Å². The van der Waals surface area contributed by atoms with E-state index in [9.17, 15) is 4.79 Å². The molecular formula is C58H99IO12Si2. The maximum Gasteiger partial charge on any atom is 0.311 e. The lowest BCUT2D eigenvalue weighted by molar-refractivity contribution is -0.368. The molecule has 0 saturated carbocycles. The van der Waals surface area contributed by atoms with E-state index in [4.69, 9.17) is 51.5 Å². The molecule has 0 unspecified atom stereocenters. The lowest BCUT2D eigenvalue weighted by atomic mass is 9.72. The van der Waals surface area contributed by atoms with Crippen molar-refractivity contribution in [2.24, 2.45) is 5.41 Å². The molecule has 0 spiro atoms. The second kappa shape index (κ2) is 21.0. The van der Waals surface area contributed by atoms with Crippen molar-refractivity contribution in [2.45, 2.75) is 324 Å². The van der Waals surface area contributed by atoms with Crippen LogP contribution in [0.25, 0.3) is 0 Å². The number of fused-ring (bicyclic) bond motifs is 7. The van der Waals surface area contributed by atoms with E-state index in [1.807, 2.05) is 24.9 Å². The van der Waals surface area contributed by atoms with Gasteiger partial charge in [0.2, 0.25) is 8.32 Å². The summed E-state index contributed by atoms with van der Waals surface area (Å²) in [5, 5.41) is 0.0446. The molecule has 0 aromatic rings. The molecule has 0 aromatic heterocycles. The zero-order valence-electron chi connectivity index (χ0n) is 48.6. The molecule has 8 aliphatic heterocycles. The molecule has 8 rings (SSSR count). The highest BCUT2D eigenvalue weighted by Gasteiger charge is 2.66. The van der Waals surface area contributed by atoms with Crippen LogP contribution in [0.5, 0.6) is 0 Å². The van der Waals surface area contributed by atoms with Crippen LogP contribution >= 0.6 is 22.6 Å². The molecule has 12 nitrogen and oxygen atoms in total. The van der Waals surface area contributed by atoms with Crippen LogP contribution in [-0.4, -0.2) is 137 Å². The monoisotopic (exact) mass is 1170 g/mol. The minimum atomic E-state index is -2.34. The highest BCUT2D eigenvalue weighted by atomic mass is 127. The molecule has 15 heteroatoms. The number of hydrogen-bond acceptors (Lipinski definition) is 12. The number of hydrogen-bond donors (Lipinski definition) is 0. The fourth-order valence-corrected chi connectivity index (χ4v) is 22.3. The Morgan fingerprint density at radius 1 is 0.726 bits per heavy atom. The number of carbonyl (C=O) groups excluding carboxylic acids is 1. The molecule has 418 valence electrons. The Kier molecular flexibility index (Phi) is 16.9. The summed E-state index contributed by atoms with van der Waals surface area (Å²) in [7, 11) is -4.51. The predicted molar refractivity (Wildman–Crippen MR) is 299 cm³/mol. The van der Waals surface area contributed by atoms with E-state index >= 15 is 0 Å². The lowest BCUT2D eigenvalue weighted by Gasteiger charge is -2.63. The van der Waals surface area contributed by atoms with E-state index in [2.05, 4.69) is 151 Å². The number of esters is 1. The first-order valence-corrected chi connectivity index (χ1v) is 34.8. The van der Waals surface area contributed by atoms with Crippen molar-refractivity contribution < 1.29 is 56.3 Å². The molecule has 0 radical (unpaired) electrons. The normalized spacial score (nSPS) is 44.3. The maximum absolute atomic E-state index is 12.7. The molecule has 8 aliphatic rings. The Balaban J connectivity index is 0.983. The van der Waals surface area contributed by atoms with E-state index in [1.54, 1.807) is 0 Å². The van der Waals surface area contributed by atoms with E-state index in [-0.39, 0.29) is 90.4 Å². The van der Waals surface area contributed by atoms with Gasteiger partial charge in [-0.05, 0) is 126 Å². The van der Waals surface area contributed by atoms with Crippen molar-refractivity contribution in [3.05, 3.63) is 22.3 Å². The Bertz CT molecular complexity index is 2000. The van der Waals surface area contributed by atoms with Gasteiger partial charge in [0.1, 0.15) is 23.4 Å². The van der Waals surface area contributed by atoms with Gasteiger partial charge >= 0.3 is 5.97 Å². The largest absolute Gasteiger partial charge is 0.465 e. The third kappa shape index (κ3) is 11.3. The minimum absolute atomic E-state index is 0.0446. The number of carbonyl (C=O) groups is 1. The summed E-state index contributed by atoms with van der Waals surface area (Å²) >= 11 is 2.29. The highest BCUT2D eigenvalue weighted by Crippen LogP contribution is 2.56. The fourth-order valence-electron chi connectivity index (χ4n) is 14.7. The summed E-state index contributed by atoms with van der Waals surface area (Å²) in [5.41, 5.74) is -2.44. The first kappa shape index (κ1) is 58.9. The van der Waals surface area contributed by atoms with Crippen molar-refractivity contribution in [3.8, 4) is 0 Å². The van der Waals surface area contributed by atoms with Crippen LogP contribution in [0.3, 0.4) is 0 Å². The summed E-state index contributed by atoms with van der Waals surface area (Å²) in [6.07, 6.45) is 11.8. The third-order valence-electron chi connectivity index (χ3n) is 19.6. The van der Waals surface area contributed by atoms with Gasteiger partial charge in [-0.2, -0.15) is 0 Å². The smallest absolute Gasteiger partial charge is 0.311 e. The molecule has 0 aromatic carbocycles. The van der Waals surface area contributed by atoms with Gasteiger partial charge in [0.25, 0.3) is 0 Å². The second-order valence-electron chi connectivity index (χ2n) is 28.4. The van der Waals surface area contributed by atoms with Gasteiger partial charge in [0.15, 0.2) is 8.32 Å². The van der Waals surface area contributed by atoms with E-state index in [0.29, 0.717) is 36.1 Å². The summed E-state index contributed by atoms with van der Waals surface area (Å²) in [6, 6.07) is 0. The number of rotatable bonds is 12. The molecular weight excluding hydrogens is 1070 g/mol. The molecule has 7 fully saturated rings. The second-order valence-corrected chi connectivity index (χ2v) is 39.2. The van der Waals surface area contributed by atoms with Gasteiger partial charge in [-0.25, -0.2) is 0 Å². The van der Waals surface area contributed by atoms with E-state index in [0.717, 1.165) is 51.4 Å². The molecule has 8 heterocycles. The first-order valence-electron chi connectivity index (χ1n) is 28.6. The van der Waals surface area contributed by atoms with Gasteiger partial charge in [0, 0.05) is 38.5 Å². The molecule has 18 atom stereocenters. The van der Waals surface area contributed by atoms with Crippen molar-refractivity contribution in [3.63, 3.8) is 0 Å². The third-order valence-corrected chi connectivity index (χ3v) is 30.7. The Morgan fingerprint density at radius 3 is 2.01 bits per heavy atom. The average molecular weight is 1170 g/mol. The number of ether oxygens (including phenoxy) is 9. The van der Waals surface area contributed by atoms with Crippen LogP contribution in [-0.2, 0) is 56.3 Å².